The summed E-state index contributed by atoms with van der Waals surface area (Å²) in [5.74, 6) is 0.288. The van der Waals surface area contributed by atoms with Crippen molar-refractivity contribution in [1.29, 1.82) is 0 Å². The van der Waals surface area contributed by atoms with E-state index in [1.807, 2.05) is 0 Å². The van der Waals surface area contributed by atoms with Crippen molar-refractivity contribution in [3.8, 4) is 17.2 Å². The summed E-state index contributed by atoms with van der Waals surface area (Å²) in [7, 11) is 4.36. The lowest BCUT2D eigenvalue weighted by Gasteiger charge is -2.19. The predicted octanol–water partition coefficient (Wildman–Crippen LogP) is 2.07. The van der Waals surface area contributed by atoms with Crippen LogP contribution in [0.15, 0.2) is 10.5 Å². The molecule has 1 unspecified atom stereocenters. The topological polar surface area (TPSA) is 74.2 Å². The Labute approximate surface area is 125 Å². The van der Waals surface area contributed by atoms with Gasteiger partial charge < -0.3 is 24.1 Å². The number of esters is 1. The monoisotopic (exact) mass is 348 g/mol. The summed E-state index contributed by atoms with van der Waals surface area (Å²) in [6.07, 6.45) is -1.47. The van der Waals surface area contributed by atoms with Crippen LogP contribution >= 0.6 is 15.9 Å². The molecule has 0 heterocycles. The first kappa shape index (κ1) is 16.6. The van der Waals surface area contributed by atoms with E-state index in [-0.39, 0.29) is 17.9 Å². The molecule has 0 saturated carbocycles. The molecule has 0 aliphatic rings. The van der Waals surface area contributed by atoms with Crippen LogP contribution in [0, 0.1) is 0 Å². The zero-order valence-electron chi connectivity index (χ0n) is 11.7. The molecule has 1 atom stereocenters. The minimum atomic E-state index is -1.47. The molecule has 6 nitrogen and oxygen atoms in total. The summed E-state index contributed by atoms with van der Waals surface area (Å²) in [6.45, 7) is 1.83. The Morgan fingerprint density at radius 3 is 2.30 bits per heavy atom. The van der Waals surface area contributed by atoms with Crippen molar-refractivity contribution in [2.24, 2.45) is 0 Å². The lowest BCUT2D eigenvalue weighted by molar-refractivity contribution is -0.153. The van der Waals surface area contributed by atoms with Crippen molar-refractivity contribution in [1.82, 2.24) is 0 Å². The molecule has 0 aromatic heterocycles. The van der Waals surface area contributed by atoms with Crippen molar-refractivity contribution in [2.45, 2.75) is 13.0 Å². The molecule has 0 saturated heterocycles. The number of aliphatic hydroxyl groups is 1. The van der Waals surface area contributed by atoms with Crippen LogP contribution in [0.25, 0.3) is 0 Å². The van der Waals surface area contributed by atoms with E-state index in [0.29, 0.717) is 16.0 Å². The van der Waals surface area contributed by atoms with Crippen molar-refractivity contribution in [2.75, 3.05) is 27.9 Å². The Kier molecular flexibility index (Phi) is 6.09. The van der Waals surface area contributed by atoms with Crippen LogP contribution < -0.4 is 14.2 Å². The van der Waals surface area contributed by atoms with Gasteiger partial charge in [0.25, 0.3) is 0 Å². The largest absolute Gasteiger partial charge is 0.495 e. The zero-order chi connectivity index (χ0) is 15.3. The highest BCUT2D eigenvalue weighted by atomic mass is 79.9. The Balaban J connectivity index is 3.38. The highest BCUT2D eigenvalue weighted by Crippen LogP contribution is 2.46. The van der Waals surface area contributed by atoms with Crippen LogP contribution in [-0.4, -0.2) is 39.0 Å². The van der Waals surface area contributed by atoms with E-state index in [0.717, 1.165) is 0 Å². The molecule has 0 aliphatic heterocycles. The molecule has 112 valence electrons. The van der Waals surface area contributed by atoms with Gasteiger partial charge in [-0.05, 0) is 28.9 Å². The molecule has 0 bridgehead atoms. The summed E-state index contributed by atoms with van der Waals surface area (Å²) >= 11 is 3.31. The average Bonchev–Trinajstić information content (AvgIpc) is 2.45. The van der Waals surface area contributed by atoms with E-state index >= 15 is 0 Å². The van der Waals surface area contributed by atoms with Crippen LogP contribution in [0.3, 0.4) is 0 Å². The minimum absolute atomic E-state index is 0.173. The van der Waals surface area contributed by atoms with Crippen molar-refractivity contribution < 1.29 is 28.8 Å². The smallest absolute Gasteiger partial charge is 0.339 e. The number of aliphatic hydroxyl groups excluding tert-OH is 1. The van der Waals surface area contributed by atoms with Gasteiger partial charge in [0.2, 0.25) is 0 Å². The van der Waals surface area contributed by atoms with Crippen LogP contribution in [0.1, 0.15) is 18.6 Å². The fourth-order valence-electron chi connectivity index (χ4n) is 1.71. The third-order valence-electron chi connectivity index (χ3n) is 2.60. The van der Waals surface area contributed by atoms with Gasteiger partial charge in [0.05, 0.1) is 27.9 Å². The van der Waals surface area contributed by atoms with Crippen molar-refractivity contribution >= 4 is 21.9 Å². The maximum Gasteiger partial charge on any atom is 0.339 e. The Hall–Kier alpha value is -1.47. The highest BCUT2D eigenvalue weighted by molar-refractivity contribution is 9.10. The molecule has 0 amide bonds. The van der Waals surface area contributed by atoms with Gasteiger partial charge in [0.15, 0.2) is 17.6 Å². The maximum absolute atomic E-state index is 11.7. The number of benzene rings is 1. The second-order valence-corrected chi connectivity index (χ2v) is 4.50. The summed E-state index contributed by atoms with van der Waals surface area (Å²) in [5, 5.41) is 10.1. The first-order valence-electron chi connectivity index (χ1n) is 5.84. The van der Waals surface area contributed by atoms with E-state index in [2.05, 4.69) is 15.9 Å². The molecule has 20 heavy (non-hydrogen) atoms. The SMILES string of the molecule is CCOC(=O)C(O)c1cc(OC)c(OC)c(Br)c1OC. The quantitative estimate of drug-likeness (QED) is 0.793. The zero-order valence-corrected chi connectivity index (χ0v) is 13.3. The van der Waals surface area contributed by atoms with Gasteiger partial charge in [-0.3, -0.25) is 0 Å². The average molecular weight is 349 g/mol. The number of hydrogen-bond acceptors (Lipinski definition) is 6. The number of ether oxygens (including phenoxy) is 4. The Morgan fingerprint density at radius 1 is 1.25 bits per heavy atom. The van der Waals surface area contributed by atoms with Gasteiger partial charge in [-0.2, -0.15) is 0 Å². The third kappa shape index (κ3) is 3.16. The maximum atomic E-state index is 11.7. The lowest BCUT2D eigenvalue weighted by Crippen LogP contribution is -2.16. The van der Waals surface area contributed by atoms with Gasteiger partial charge >= 0.3 is 5.97 Å². The van der Waals surface area contributed by atoms with Gasteiger partial charge in [0.1, 0.15) is 10.2 Å². The number of hydrogen-bond donors (Lipinski definition) is 1. The molecule has 7 heteroatoms. The van der Waals surface area contributed by atoms with Crippen LogP contribution in [0.5, 0.6) is 17.2 Å². The number of rotatable bonds is 6. The Morgan fingerprint density at radius 2 is 1.85 bits per heavy atom. The van der Waals surface area contributed by atoms with E-state index in [1.165, 1.54) is 27.4 Å². The fourth-order valence-corrected chi connectivity index (χ4v) is 2.46. The third-order valence-corrected chi connectivity index (χ3v) is 3.32. The molecule has 1 rings (SSSR count). The van der Waals surface area contributed by atoms with Gasteiger partial charge in [-0.15, -0.1) is 0 Å². The second kappa shape index (κ2) is 7.35. The molecule has 0 aliphatic carbocycles. The van der Waals surface area contributed by atoms with Gasteiger partial charge in [0, 0.05) is 5.56 Å². The first-order chi connectivity index (χ1) is 9.51. The molecule has 1 aromatic carbocycles. The predicted molar refractivity (Wildman–Crippen MR) is 75.4 cm³/mol. The normalized spacial score (nSPS) is 11.7. The molecule has 1 N–H and O–H groups in total. The van der Waals surface area contributed by atoms with Gasteiger partial charge in [-0.1, -0.05) is 0 Å². The number of carbonyl (C=O) groups excluding carboxylic acids is 1. The van der Waals surface area contributed by atoms with E-state index in [9.17, 15) is 9.90 Å². The van der Waals surface area contributed by atoms with Crippen LogP contribution in [0.2, 0.25) is 0 Å². The van der Waals surface area contributed by atoms with Crippen LogP contribution in [0.4, 0.5) is 0 Å². The fraction of sp³-hybridized carbons (Fsp3) is 0.462. The summed E-state index contributed by atoms with van der Waals surface area (Å²) in [4.78, 5) is 11.7. The van der Waals surface area contributed by atoms with E-state index in [1.54, 1.807) is 6.92 Å². The van der Waals surface area contributed by atoms with E-state index < -0.39 is 12.1 Å². The minimum Gasteiger partial charge on any atom is -0.495 e. The molecular weight excluding hydrogens is 332 g/mol. The molecule has 0 fully saturated rings. The van der Waals surface area contributed by atoms with E-state index in [4.69, 9.17) is 18.9 Å². The highest BCUT2D eigenvalue weighted by Gasteiger charge is 2.28. The lowest BCUT2D eigenvalue weighted by atomic mass is 10.1. The van der Waals surface area contributed by atoms with Gasteiger partial charge in [-0.25, -0.2) is 4.79 Å². The molecule has 1 aromatic rings. The Bertz CT molecular complexity index is 488. The molecule has 0 radical (unpaired) electrons. The molecular formula is C13H17BrO6. The standard InChI is InChI=1S/C13H17BrO6/c1-5-20-13(16)10(15)7-6-8(17-2)12(19-4)9(14)11(7)18-3/h6,10,15H,5H2,1-4H3. The summed E-state index contributed by atoms with van der Waals surface area (Å²) in [6, 6.07) is 1.48. The summed E-state index contributed by atoms with van der Waals surface area (Å²) < 4.78 is 20.8. The first-order valence-corrected chi connectivity index (χ1v) is 6.64. The van der Waals surface area contributed by atoms with Crippen molar-refractivity contribution in [3.63, 3.8) is 0 Å². The second-order valence-electron chi connectivity index (χ2n) is 3.70. The van der Waals surface area contributed by atoms with Crippen LogP contribution in [-0.2, 0) is 9.53 Å². The number of halogens is 1. The van der Waals surface area contributed by atoms with Crippen molar-refractivity contribution in [3.05, 3.63) is 16.1 Å². The summed E-state index contributed by atoms with van der Waals surface area (Å²) in [5.41, 5.74) is 0.232. The molecule has 0 spiro atoms. The number of methoxy groups -OCH3 is 3. The number of carbonyl (C=O) groups is 1.